The third kappa shape index (κ3) is 6.36. The van der Waals surface area contributed by atoms with Gasteiger partial charge in [0.05, 0.1) is 6.04 Å². The summed E-state index contributed by atoms with van der Waals surface area (Å²) in [6, 6.07) is -0.0889. The van der Waals surface area contributed by atoms with Crippen LogP contribution in [0.1, 0.15) is 45.4 Å². The Morgan fingerprint density at radius 3 is 2.72 bits per heavy atom. The summed E-state index contributed by atoms with van der Waals surface area (Å²) in [7, 11) is 1.68. The van der Waals surface area contributed by atoms with Gasteiger partial charge in [0, 0.05) is 20.3 Å². The highest BCUT2D eigenvalue weighted by molar-refractivity contribution is 5.81. The molecule has 2 N–H and O–H groups in total. The minimum atomic E-state index is -0.0889. The summed E-state index contributed by atoms with van der Waals surface area (Å²) in [6.07, 6.45) is 7.61. The minimum absolute atomic E-state index is 0.0889. The Morgan fingerprint density at radius 1 is 1.33 bits per heavy atom. The predicted molar refractivity (Wildman–Crippen MR) is 73.5 cm³/mol. The van der Waals surface area contributed by atoms with E-state index < -0.39 is 0 Å². The lowest BCUT2D eigenvalue weighted by molar-refractivity contribution is -0.122. The summed E-state index contributed by atoms with van der Waals surface area (Å²) < 4.78 is 4.94. The number of ether oxygens (including phenoxy) is 1. The Hall–Kier alpha value is -0.610. The van der Waals surface area contributed by atoms with E-state index in [1.165, 1.54) is 32.1 Å². The molecule has 0 heterocycles. The molecule has 18 heavy (non-hydrogen) atoms. The average molecular weight is 256 g/mol. The molecular formula is C14H28N2O2. The first-order chi connectivity index (χ1) is 8.74. The topological polar surface area (TPSA) is 50.4 Å². The quantitative estimate of drug-likeness (QED) is 0.617. The van der Waals surface area contributed by atoms with Crippen LogP contribution in [0.15, 0.2) is 0 Å². The smallest absolute Gasteiger partial charge is 0.236 e. The summed E-state index contributed by atoms with van der Waals surface area (Å²) in [5, 5.41) is 6.22. The first-order valence-electron chi connectivity index (χ1n) is 7.24. The number of hydrogen-bond donors (Lipinski definition) is 2. The standard InChI is InChI=1S/C14H28N2O2/c1-12(14(17)16-9-5-11-18-2)15-10-8-13-6-3-4-7-13/h12-13,15H,3-11H2,1-2H3,(H,16,17). The first-order valence-corrected chi connectivity index (χ1v) is 7.24. The first kappa shape index (κ1) is 15.4. The SMILES string of the molecule is COCCCNC(=O)C(C)NCCC1CCCC1. The number of carbonyl (C=O) groups is 1. The number of nitrogens with one attached hydrogen (secondary N) is 2. The maximum absolute atomic E-state index is 11.7. The van der Waals surface area contributed by atoms with Crippen LogP contribution in [-0.4, -0.2) is 38.8 Å². The number of amides is 1. The number of methoxy groups -OCH3 is 1. The largest absolute Gasteiger partial charge is 0.385 e. The van der Waals surface area contributed by atoms with E-state index in [0.29, 0.717) is 13.2 Å². The van der Waals surface area contributed by atoms with Crippen molar-refractivity contribution in [2.45, 2.75) is 51.5 Å². The molecule has 0 radical (unpaired) electrons. The zero-order valence-electron chi connectivity index (χ0n) is 11.8. The summed E-state index contributed by atoms with van der Waals surface area (Å²) in [5.74, 6) is 0.979. The number of carbonyl (C=O) groups excluding carboxylic acids is 1. The molecular weight excluding hydrogens is 228 g/mol. The minimum Gasteiger partial charge on any atom is -0.385 e. The fraction of sp³-hybridized carbons (Fsp3) is 0.929. The fourth-order valence-electron chi connectivity index (χ4n) is 2.48. The van der Waals surface area contributed by atoms with Crippen molar-refractivity contribution >= 4 is 5.91 Å². The fourth-order valence-corrected chi connectivity index (χ4v) is 2.48. The van der Waals surface area contributed by atoms with E-state index in [1.807, 2.05) is 6.92 Å². The van der Waals surface area contributed by atoms with E-state index in [0.717, 1.165) is 18.9 Å². The summed E-state index contributed by atoms with van der Waals surface area (Å²) in [6.45, 7) is 4.28. The molecule has 0 bridgehead atoms. The van der Waals surface area contributed by atoms with Gasteiger partial charge in [-0.1, -0.05) is 25.7 Å². The van der Waals surface area contributed by atoms with E-state index in [4.69, 9.17) is 4.74 Å². The second-order valence-electron chi connectivity index (χ2n) is 5.25. The molecule has 4 nitrogen and oxygen atoms in total. The molecule has 106 valence electrons. The van der Waals surface area contributed by atoms with Gasteiger partial charge in [-0.25, -0.2) is 0 Å². The zero-order valence-corrected chi connectivity index (χ0v) is 11.8. The maximum atomic E-state index is 11.7. The third-order valence-electron chi connectivity index (χ3n) is 3.70. The number of rotatable bonds is 9. The van der Waals surface area contributed by atoms with Gasteiger partial charge in [-0.3, -0.25) is 4.79 Å². The Balaban J connectivity index is 2.00. The lowest BCUT2D eigenvalue weighted by atomic mass is 10.0. The van der Waals surface area contributed by atoms with Crippen molar-refractivity contribution in [3.63, 3.8) is 0 Å². The Kier molecular flexibility index (Phi) is 8.01. The highest BCUT2D eigenvalue weighted by Crippen LogP contribution is 2.26. The van der Waals surface area contributed by atoms with Crippen LogP contribution in [-0.2, 0) is 9.53 Å². The van der Waals surface area contributed by atoms with Crippen LogP contribution in [0.25, 0.3) is 0 Å². The second-order valence-corrected chi connectivity index (χ2v) is 5.25. The lowest BCUT2D eigenvalue weighted by Gasteiger charge is -2.15. The van der Waals surface area contributed by atoms with Crippen molar-refractivity contribution in [3.8, 4) is 0 Å². The van der Waals surface area contributed by atoms with E-state index in [9.17, 15) is 4.79 Å². The lowest BCUT2D eigenvalue weighted by Crippen LogP contribution is -2.43. The normalized spacial score (nSPS) is 17.9. The van der Waals surface area contributed by atoms with E-state index in [2.05, 4.69) is 10.6 Å². The van der Waals surface area contributed by atoms with Crippen molar-refractivity contribution in [3.05, 3.63) is 0 Å². The molecule has 0 aromatic heterocycles. The van der Waals surface area contributed by atoms with Gasteiger partial charge in [0.25, 0.3) is 0 Å². The third-order valence-corrected chi connectivity index (χ3v) is 3.70. The van der Waals surface area contributed by atoms with Crippen LogP contribution in [0.4, 0.5) is 0 Å². The average Bonchev–Trinajstić information content (AvgIpc) is 2.87. The molecule has 0 saturated heterocycles. The van der Waals surface area contributed by atoms with Gasteiger partial charge >= 0.3 is 0 Å². The van der Waals surface area contributed by atoms with Crippen molar-refractivity contribution in [2.75, 3.05) is 26.8 Å². The van der Waals surface area contributed by atoms with E-state index in [1.54, 1.807) is 7.11 Å². The van der Waals surface area contributed by atoms with Gasteiger partial charge in [-0.05, 0) is 32.2 Å². The van der Waals surface area contributed by atoms with Gasteiger partial charge < -0.3 is 15.4 Å². The summed E-state index contributed by atoms with van der Waals surface area (Å²) >= 11 is 0. The highest BCUT2D eigenvalue weighted by Gasteiger charge is 2.16. The summed E-state index contributed by atoms with van der Waals surface area (Å²) in [4.78, 5) is 11.7. The van der Waals surface area contributed by atoms with E-state index >= 15 is 0 Å². The van der Waals surface area contributed by atoms with Gasteiger partial charge in [0.2, 0.25) is 5.91 Å². The highest BCUT2D eigenvalue weighted by atomic mass is 16.5. The molecule has 1 amide bonds. The van der Waals surface area contributed by atoms with Gasteiger partial charge in [0.15, 0.2) is 0 Å². The molecule has 1 fully saturated rings. The molecule has 0 spiro atoms. The number of hydrogen-bond acceptors (Lipinski definition) is 3. The Morgan fingerprint density at radius 2 is 2.06 bits per heavy atom. The van der Waals surface area contributed by atoms with E-state index in [-0.39, 0.29) is 11.9 Å². The van der Waals surface area contributed by atoms with Crippen LogP contribution in [0.5, 0.6) is 0 Å². The molecule has 0 aromatic carbocycles. The van der Waals surface area contributed by atoms with Crippen molar-refractivity contribution in [2.24, 2.45) is 5.92 Å². The van der Waals surface area contributed by atoms with Crippen LogP contribution >= 0.6 is 0 Å². The Labute approximate surface area is 111 Å². The van der Waals surface area contributed by atoms with Crippen LogP contribution < -0.4 is 10.6 Å². The molecule has 1 saturated carbocycles. The van der Waals surface area contributed by atoms with Crippen LogP contribution in [0.3, 0.4) is 0 Å². The van der Waals surface area contributed by atoms with Gasteiger partial charge in [-0.15, -0.1) is 0 Å². The summed E-state index contributed by atoms with van der Waals surface area (Å²) in [5.41, 5.74) is 0. The molecule has 1 aliphatic carbocycles. The molecule has 1 rings (SSSR count). The molecule has 0 aliphatic heterocycles. The molecule has 1 aliphatic rings. The van der Waals surface area contributed by atoms with Crippen LogP contribution in [0.2, 0.25) is 0 Å². The molecule has 1 atom stereocenters. The predicted octanol–water partition coefficient (Wildman–Crippen LogP) is 1.70. The van der Waals surface area contributed by atoms with Crippen molar-refractivity contribution < 1.29 is 9.53 Å². The van der Waals surface area contributed by atoms with Gasteiger partial charge in [-0.2, -0.15) is 0 Å². The monoisotopic (exact) mass is 256 g/mol. The van der Waals surface area contributed by atoms with Gasteiger partial charge in [0.1, 0.15) is 0 Å². The Bertz CT molecular complexity index is 228. The molecule has 0 aromatic rings. The van der Waals surface area contributed by atoms with Crippen LogP contribution in [0, 0.1) is 5.92 Å². The molecule has 4 heteroatoms. The van der Waals surface area contributed by atoms with Crippen molar-refractivity contribution in [1.29, 1.82) is 0 Å². The zero-order chi connectivity index (χ0) is 13.2. The second kappa shape index (κ2) is 9.34. The van der Waals surface area contributed by atoms with Crippen molar-refractivity contribution in [1.82, 2.24) is 10.6 Å². The maximum Gasteiger partial charge on any atom is 0.236 e. The molecule has 1 unspecified atom stereocenters.